The first-order valence-corrected chi connectivity index (χ1v) is 5.72. The topological polar surface area (TPSA) is 111 Å². The van der Waals surface area contributed by atoms with Crippen LogP contribution >= 0.6 is 11.6 Å². The summed E-state index contributed by atoms with van der Waals surface area (Å²) >= 11 is 6.04. The maximum absolute atomic E-state index is 9.15. The van der Waals surface area contributed by atoms with E-state index in [1.54, 1.807) is 18.2 Å². The first-order chi connectivity index (χ1) is 8.58. The van der Waals surface area contributed by atoms with Crippen molar-refractivity contribution in [1.82, 2.24) is 5.32 Å². The van der Waals surface area contributed by atoms with Crippen molar-refractivity contribution in [3.63, 3.8) is 0 Å². The fraction of sp³-hybridized carbons (Fsp3) is 0.364. The van der Waals surface area contributed by atoms with Crippen LogP contribution < -0.4 is 11.1 Å². The maximum Gasteiger partial charge on any atom is 0.170 e. The molecule has 6 nitrogen and oxygen atoms in total. The first-order valence-electron chi connectivity index (χ1n) is 5.34. The van der Waals surface area contributed by atoms with Crippen LogP contribution in [0.4, 0.5) is 0 Å². The summed E-state index contributed by atoms with van der Waals surface area (Å²) in [5, 5.41) is 32.6. The smallest absolute Gasteiger partial charge is 0.170 e. The Bertz CT molecular complexity index is 426. The lowest BCUT2D eigenvalue weighted by atomic mass is 10.1. The van der Waals surface area contributed by atoms with Gasteiger partial charge in [-0.25, -0.2) is 0 Å². The van der Waals surface area contributed by atoms with Crippen LogP contribution in [0.25, 0.3) is 0 Å². The lowest BCUT2D eigenvalue weighted by Gasteiger charge is -2.10. The van der Waals surface area contributed by atoms with E-state index in [1.165, 1.54) is 0 Å². The van der Waals surface area contributed by atoms with Crippen LogP contribution in [-0.2, 0) is 6.54 Å². The van der Waals surface area contributed by atoms with Crippen molar-refractivity contribution in [3.05, 3.63) is 34.3 Å². The van der Waals surface area contributed by atoms with Crippen LogP contribution in [0.5, 0.6) is 0 Å². The van der Waals surface area contributed by atoms with E-state index < -0.39 is 6.10 Å². The SMILES string of the molecule is N/C(=N/O)c1ccc(CNCC(O)CO)c(Cl)c1. The summed E-state index contributed by atoms with van der Waals surface area (Å²) in [6.07, 6.45) is -0.791. The fourth-order valence-corrected chi connectivity index (χ4v) is 1.59. The molecule has 100 valence electrons. The second-order valence-corrected chi connectivity index (χ2v) is 4.17. The number of aliphatic hydroxyl groups excluding tert-OH is 2. The Kier molecular flexibility index (Phi) is 5.87. The number of aliphatic hydroxyl groups is 2. The van der Waals surface area contributed by atoms with Crippen LogP contribution in [0, 0.1) is 0 Å². The molecule has 0 saturated carbocycles. The summed E-state index contributed by atoms with van der Waals surface area (Å²) < 4.78 is 0. The molecule has 1 atom stereocenters. The molecule has 7 heteroatoms. The molecular formula is C11H16ClN3O3. The quantitative estimate of drug-likeness (QED) is 0.215. The Morgan fingerprint density at radius 3 is 2.78 bits per heavy atom. The fourth-order valence-electron chi connectivity index (χ4n) is 1.35. The average molecular weight is 274 g/mol. The van der Waals surface area contributed by atoms with Crippen LogP contribution in [0.2, 0.25) is 5.02 Å². The molecule has 1 unspecified atom stereocenters. The van der Waals surface area contributed by atoms with Crippen molar-refractivity contribution >= 4 is 17.4 Å². The number of nitrogens with one attached hydrogen (secondary N) is 1. The van der Waals surface area contributed by atoms with Crippen LogP contribution in [0.1, 0.15) is 11.1 Å². The summed E-state index contributed by atoms with van der Waals surface area (Å²) in [5.41, 5.74) is 6.78. The molecule has 0 radical (unpaired) electrons. The van der Waals surface area contributed by atoms with Gasteiger partial charge in [0.15, 0.2) is 5.84 Å². The van der Waals surface area contributed by atoms with E-state index in [1.807, 2.05) is 0 Å². The highest BCUT2D eigenvalue weighted by Gasteiger charge is 2.06. The van der Waals surface area contributed by atoms with Crippen LogP contribution in [0.3, 0.4) is 0 Å². The van der Waals surface area contributed by atoms with Crippen molar-refractivity contribution in [2.45, 2.75) is 12.6 Å². The second-order valence-electron chi connectivity index (χ2n) is 3.76. The highest BCUT2D eigenvalue weighted by molar-refractivity contribution is 6.31. The molecule has 0 aromatic heterocycles. The van der Waals surface area contributed by atoms with Gasteiger partial charge in [0.25, 0.3) is 0 Å². The molecule has 0 bridgehead atoms. The third kappa shape index (κ3) is 4.15. The number of halogens is 1. The molecule has 0 fully saturated rings. The first kappa shape index (κ1) is 14.7. The number of nitrogens with zero attached hydrogens (tertiary/aromatic N) is 1. The molecule has 0 aliphatic carbocycles. The molecular weight excluding hydrogens is 258 g/mol. The third-order valence-electron chi connectivity index (χ3n) is 2.36. The molecule has 0 saturated heterocycles. The minimum absolute atomic E-state index is 0.00730. The summed E-state index contributed by atoms with van der Waals surface area (Å²) in [6.45, 7) is 0.435. The van der Waals surface area contributed by atoms with Gasteiger partial charge < -0.3 is 26.5 Å². The zero-order valence-corrected chi connectivity index (χ0v) is 10.4. The molecule has 0 heterocycles. The van der Waals surface area contributed by atoms with E-state index in [2.05, 4.69) is 10.5 Å². The van der Waals surface area contributed by atoms with Crippen molar-refractivity contribution in [1.29, 1.82) is 0 Å². The molecule has 0 aliphatic heterocycles. The van der Waals surface area contributed by atoms with Gasteiger partial charge >= 0.3 is 0 Å². The highest BCUT2D eigenvalue weighted by Crippen LogP contribution is 2.17. The van der Waals surface area contributed by atoms with Gasteiger partial charge in [-0.2, -0.15) is 0 Å². The monoisotopic (exact) mass is 273 g/mol. The Labute approximate surface area is 110 Å². The van der Waals surface area contributed by atoms with E-state index in [0.29, 0.717) is 17.1 Å². The number of amidine groups is 1. The number of benzene rings is 1. The van der Waals surface area contributed by atoms with Crippen molar-refractivity contribution in [3.8, 4) is 0 Å². The van der Waals surface area contributed by atoms with Gasteiger partial charge in [-0.3, -0.25) is 0 Å². The summed E-state index contributed by atoms with van der Waals surface area (Å²) in [6, 6.07) is 5.02. The molecule has 0 spiro atoms. The number of oxime groups is 1. The number of rotatable bonds is 6. The zero-order chi connectivity index (χ0) is 13.5. The van der Waals surface area contributed by atoms with Gasteiger partial charge in [0.1, 0.15) is 0 Å². The Morgan fingerprint density at radius 1 is 1.50 bits per heavy atom. The normalized spacial score (nSPS) is 13.6. The molecule has 0 amide bonds. The van der Waals surface area contributed by atoms with E-state index in [9.17, 15) is 0 Å². The van der Waals surface area contributed by atoms with Gasteiger partial charge in [-0.05, 0) is 11.6 Å². The van der Waals surface area contributed by atoms with Gasteiger partial charge in [0.05, 0.1) is 12.7 Å². The standard InChI is InChI=1S/C11H16ClN3O3/c12-10-3-7(11(13)15-18)1-2-8(10)4-14-5-9(17)6-16/h1-3,9,14,16-18H,4-6H2,(H2,13,15). The molecule has 1 aromatic carbocycles. The maximum atomic E-state index is 9.15. The second kappa shape index (κ2) is 7.17. The van der Waals surface area contributed by atoms with Gasteiger partial charge in [-0.15, -0.1) is 0 Å². The summed E-state index contributed by atoms with van der Waals surface area (Å²) in [5.74, 6) is -0.00730. The predicted molar refractivity (Wildman–Crippen MR) is 68.8 cm³/mol. The minimum atomic E-state index is -0.791. The molecule has 0 aliphatic rings. The zero-order valence-electron chi connectivity index (χ0n) is 9.67. The van der Waals surface area contributed by atoms with E-state index in [0.717, 1.165) is 5.56 Å². The Balaban J connectivity index is 2.63. The van der Waals surface area contributed by atoms with E-state index in [-0.39, 0.29) is 19.0 Å². The summed E-state index contributed by atoms with van der Waals surface area (Å²) in [7, 11) is 0. The number of nitrogens with two attached hydrogens (primary N) is 1. The van der Waals surface area contributed by atoms with Gasteiger partial charge in [-0.1, -0.05) is 28.9 Å². The molecule has 18 heavy (non-hydrogen) atoms. The Hall–Kier alpha value is -1.34. The largest absolute Gasteiger partial charge is 0.409 e. The third-order valence-corrected chi connectivity index (χ3v) is 2.71. The molecule has 1 rings (SSSR count). The summed E-state index contributed by atoms with van der Waals surface area (Å²) in [4.78, 5) is 0. The van der Waals surface area contributed by atoms with Crippen molar-refractivity contribution in [2.24, 2.45) is 10.9 Å². The predicted octanol–water partition coefficient (Wildman–Crippen LogP) is -0.123. The number of hydrogen-bond acceptors (Lipinski definition) is 5. The molecule has 6 N–H and O–H groups in total. The van der Waals surface area contributed by atoms with E-state index >= 15 is 0 Å². The Morgan fingerprint density at radius 2 is 2.22 bits per heavy atom. The van der Waals surface area contributed by atoms with Gasteiger partial charge in [0, 0.05) is 23.7 Å². The average Bonchev–Trinajstić information content (AvgIpc) is 2.39. The van der Waals surface area contributed by atoms with Crippen LogP contribution in [0.15, 0.2) is 23.4 Å². The molecule has 1 aromatic rings. The van der Waals surface area contributed by atoms with Crippen molar-refractivity contribution in [2.75, 3.05) is 13.2 Å². The van der Waals surface area contributed by atoms with E-state index in [4.69, 9.17) is 32.8 Å². The highest BCUT2D eigenvalue weighted by atomic mass is 35.5. The number of hydrogen-bond donors (Lipinski definition) is 5. The van der Waals surface area contributed by atoms with Crippen molar-refractivity contribution < 1.29 is 15.4 Å². The minimum Gasteiger partial charge on any atom is -0.409 e. The lowest BCUT2D eigenvalue weighted by Crippen LogP contribution is -2.29. The lowest BCUT2D eigenvalue weighted by molar-refractivity contribution is 0.0942. The van der Waals surface area contributed by atoms with Crippen LogP contribution in [-0.4, -0.2) is 40.5 Å². The van der Waals surface area contributed by atoms with Gasteiger partial charge in [0.2, 0.25) is 0 Å².